The maximum absolute atomic E-state index is 11.5. The molecule has 0 aliphatic heterocycles. The second-order valence-electron chi connectivity index (χ2n) is 4.12. The van der Waals surface area contributed by atoms with Crippen LogP contribution in [0.1, 0.15) is 26.7 Å². The zero-order valence-corrected chi connectivity index (χ0v) is 11.4. The number of rotatable bonds is 9. The van der Waals surface area contributed by atoms with Gasteiger partial charge in [-0.05, 0) is 26.7 Å². The van der Waals surface area contributed by atoms with Gasteiger partial charge in [-0.25, -0.2) is 0 Å². The Morgan fingerprint density at radius 3 is 2.59 bits per heavy atom. The van der Waals surface area contributed by atoms with Crippen molar-refractivity contribution in [1.29, 1.82) is 0 Å². The van der Waals surface area contributed by atoms with Crippen LogP contribution in [0.15, 0.2) is 25.3 Å². The molecule has 4 heteroatoms. The third-order valence-corrected chi connectivity index (χ3v) is 3.11. The summed E-state index contributed by atoms with van der Waals surface area (Å²) in [7, 11) is -2.15. The van der Waals surface area contributed by atoms with Gasteiger partial charge in [-0.3, -0.25) is 0 Å². The topological polar surface area (TPSA) is 35.5 Å². The van der Waals surface area contributed by atoms with Crippen LogP contribution >= 0.6 is 8.25 Å². The van der Waals surface area contributed by atoms with E-state index in [1.165, 1.54) is 0 Å². The first-order chi connectivity index (χ1) is 7.97. The van der Waals surface area contributed by atoms with Crippen molar-refractivity contribution in [2.45, 2.75) is 32.8 Å². The highest BCUT2D eigenvalue weighted by atomic mass is 31.1. The van der Waals surface area contributed by atoms with Crippen molar-refractivity contribution in [2.75, 3.05) is 6.61 Å². The largest absolute Gasteiger partial charge is 0.697 e. The van der Waals surface area contributed by atoms with Crippen molar-refractivity contribution in [1.82, 2.24) is 0 Å². The van der Waals surface area contributed by atoms with Gasteiger partial charge in [-0.2, -0.15) is 0 Å². The van der Waals surface area contributed by atoms with Crippen LogP contribution < -0.4 is 0 Å². The Morgan fingerprint density at radius 2 is 2.12 bits per heavy atom. The van der Waals surface area contributed by atoms with E-state index in [2.05, 4.69) is 19.1 Å². The highest BCUT2D eigenvalue weighted by Crippen LogP contribution is 2.35. The van der Waals surface area contributed by atoms with Crippen molar-refractivity contribution in [3.63, 3.8) is 0 Å². The standard InChI is InChI=1S/C13H20O3P/c1-6-9-11-15-17(14)16-12(10-7-2)13(4,5)8-3/h3,6-7,12H,1-2,9-11H2,4-5H3/q+1. The van der Waals surface area contributed by atoms with Crippen molar-refractivity contribution in [3.8, 4) is 12.3 Å². The van der Waals surface area contributed by atoms with Gasteiger partial charge in [0.05, 0.1) is 5.41 Å². The van der Waals surface area contributed by atoms with Gasteiger partial charge in [0, 0.05) is 4.57 Å². The fourth-order valence-electron chi connectivity index (χ4n) is 1.06. The van der Waals surface area contributed by atoms with Gasteiger partial charge in [0.1, 0.15) is 12.7 Å². The van der Waals surface area contributed by atoms with Crippen LogP contribution in [-0.2, 0) is 13.6 Å². The Hall–Kier alpha value is -0.940. The van der Waals surface area contributed by atoms with E-state index in [4.69, 9.17) is 15.5 Å². The third kappa shape index (κ3) is 6.38. The molecule has 0 fully saturated rings. The van der Waals surface area contributed by atoms with Crippen LogP contribution in [0.25, 0.3) is 0 Å². The molecule has 0 rings (SSSR count). The molecule has 0 spiro atoms. The molecule has 0 saturated heterocycles. The summed E-state index contributed by atoms with van der Waals surface area (Å²) in [5.41, 5.74) is -0.513. The predicted molar refractivity (Wildman–Crippen MR) is 70.7 cm³/mol. The molecule has 17 heavy (non-hydrogen) atoms. The average molecular weight is 255 g/mol. The van der Waals surface area contributed by atoms with E-state index in [9.17, 15) is 4.57 Å². The first-order valence-electron chi connectivity index (χ1n) is 5.44. The maximum Gasteiger partial charge on any atom is 0.697 e. The fraction of sp³-hybridized carbons (Fsp3) is 0.538. The van der Waals surface area contributed by atoms with E-state index in [0.29, 0.717) is 19.4 Å². The van der Waals surface area contributed by atoms with Gasteiger partial charge in [0.2, 0.25) is 0 Å². The SMILES string of the molecule is C#CC(C)(C)C(CC=C)O[P+](=O)OCCC=C. The molecule has 0 saturated carbocycles. The Balaban J connectivity index is 4.35. The highest BCUT2D eigenvalue weighted by molar-refractivity contribution is 7.33. The molecular formula is C13H20O3P+. The lowest BCUT2D eigenvalue weighted by atomic mass is 9.86. The first-order valence-corrected chi connectivity index (χ1v) is 6.54. The summed E-state index contributed by atoms with van der Waals surface area (Å²) in [5.74, 6) is 2.63. The van der Waals surface area contributed by atoms with Crippen LogP contribution in [0, 0.1) is 17.8 Å². The normalized spacial score (nSPS) is 13.6. The Labute approximate surface area is 105 Å². The maximum atomic E-state index is 11.5. The lowest BCUT2D eigenvalue weighted by molar-refractivity contribution is 0.0987. The predicted octanol–water partition coefficient (Wildman–Crippen LogP) is 3.86. The molecule has 0 N–H and O–H groups in total. The van der Waals surface area contributed by atoms with Crippen LogP contribution in [0.2, 0.25) is 0 Å². The van der Waals surface area contributed by atoms with Gasteiger partial charge in [-0.1, -0.05) is 18.1 Å². The van der Waals surface area contributed by atoms with Crippen LogP contribution in [-0.4, -0.2) is 12.7 Å². The van der Waals surface area contributed by atoms with E-state index in [1.54, 1.807) is 12.2 Å². The zero-order chi connectivity index (χ0) is 13.3. The van der Waals surface area contributed by atoms with E-state index in [1.807, 2.05) is 13.8 Å². The Kier molecular flexibility index (Phi) is 7.74. The molecule has 0 radical (unpaired) electrons. The average Bonchev–Trinajstić information content (AvgIpc) is 2.29. The van der Waals surface area contributed by atoms with Gasteiger partial charge in [0.25, 0.3) is 0 Å². The molecule has 0 aromatic heterocycles. The molecule has 2 unspecified atom stereocenters. The van der Waals surface area contributed by atoms with E-state index < -0.39 is 13.7 Å². The highest BCUT2D eigenvalue weighted by Gasteiger charge is 2.36. The summed E-state index contributed by atoms with van der Waals surface area (Å²) >= 11 is 0. The molecular weight excluding hydrogens is 235 g/mol. The summed E-state index contributed by atoms with van der Waals surface area (Å²) in [6.07, 6.45) is 9.60. The summed E-state index contributed by atoms with van der Waals surface area (Å²) < 4.78 is 21.9. The number of hydrogen-bond acceptors (Lipinski definition) is 3. The molecule has 0 aliphatic rings. The Bertz CT molecular complexity index is 315. The van der Waals surface area contributed by atoms with Crippen molar-refractivity contribution in [3.05, 3.63) is 25.3 Å². The smallest absolute Gasteiger partial charge is 0.119 e. The Morgan fingerprint density at radius 1 is 1.47 bits per heavy atom. The molecule has 0 aromatic rings. The monoisotopic (exact) mass is 255 g/mol. The van der Waals surface area contributed by atoms with Crippen LogP contribution in [0.4, 0.5) is 0 Å². The third-order valence-electron chi connectivity index (χ3n) is 2.29. The molecule has 0 aliphatic carbocycles. The van der Waals surface area contributed by atoms with E-state index >= 15 is 0 Å². The second-order valence-corrected chi connectivity index (χ2v) is 5.03. The summed E-state index contributed by atoms with van der Waals surface area (Å²) in [6, 6.07) is 0. The van der Waals surface area contributed by atoms with Crippen molar-refractivity contribution < 1.29 is 13.6 Å². The molecule has 94 valence electrons. The molecule has 3 nitrogen and oxygen atoms in total. The van der Waals surface area contributed by atoms with Gasteiger partial charge >= 0.3 is 8.25 Å². The van der Waals surface area contributed by atoms with Gasteiger partial charge < -0.3 is 0 Å². The van der Waals surface area contributed by atoms with Crippen LogP contribution in [0.5, 0.6) is 0 Å². The molecule has 0 bridgehead atoms. The number of hydrogen-bond donors (Lipinski definition) is 0. The molecule has 0 heterocycles. The summed E-state index contributed by atoms with van der Waals surface area (Å²) in [4.78, 5) is 0. The minimum absolute atomic E-state index is 0.329. The summed E-state index contributed by atoms with van der Waals surface area (Å²) in [5, 5.41) is 0. The second kappa shape index (κ2) is 8.20. The minimum Gasteiger partial charge on any atom is -0.119 e. The lowest BCUT2D eigenvalue weighted by Gasteiger charge is -2.23. The fourth-order valence-corrected chi connectivity index (χ4v) is 1.93. The van der Waals surface area contributed by atoms with Gasteiger partial charge in [-0.15, -0.1) is 28.6 Å². The van der Waals surface area contributed by atoms with E-state index in [-0.39, 0.29) is 6.10 Å². The molecule has 0 amide bonds. The minimum atomic E-state index is -2.15. The quantitative estimate of drug-likeness (QED) is 0.271. The molecule has 2 atom stereocenters. The van der Waals surface area contributed by atoms with Crippen molar-refractivity contribution >= 4 is 8.25 Å². The molecule has 0 aromatic carbocycles. The van der Waals surface area contributed by atoms with Gasteiger partial charge in [0.15, 0.2) is 0 Å². The first kappa shape index (κ1) is 16.1. The number of terminal acetylenes is 1. The zero-order valence-electron chi connectivity index (χ0n) is 10.5. The van der Waals surface area contributed by atoms with E-state index in [0.717, 1.165) is 0 Å². The summed E-state index contributed by atoms with van der Waals surface area (Å²) in [6.45, 7) is 11.2. The van der Waals surface area contributed by atoms with Crippen LogP contribution in [0.3, 0.4) is 0 Å². The van der Waals surface area contributed by atoms with Crippen molar-refractivity contribution in [2.24, 2.45) is 5.41 Å². The lowest BCUT2D eigenvalue weighted by Crippen LogP contribution is -2.28.